The van der Waals surface area contributed by atoms with Crippen molar-refractivity contribution in [3.63, 3.8) is 0 Å². The van der Waals surface area contributed by atoms with Gasteiger partial charge < -0.3 is 5.11 Å². The number of hydrogen-bond acceptors (Lipinski definition) is 1. The van der Waals surface area contributed by atoms with Gasteiger partial charge in [-0.15, -0.1) is 0 Å². The van der Waals surface area contributed by atoms with Crippen molar-refractivity contribution in [2.24, 2.45) is 0 Å². The number of alkyl halides is 1. The molecule has 0 fully saturated rings. The molecule has 0 heterocycles. The molecule has 0 radical (unpaired) electrons. The van der Waals surface area contributed by atoms with E-state index in [1.54, 1.807) is 22.6 Å². The molecule has 32 valence electrons. The number of rotatable bonds is 1. The third-order valence-corrected chi connectivity index (χ3v) is 0.767. The molecule has 0 rings (SSSR count). The second-order valence-electron chi connectivity index (χ2n) is 0.527. The van der Waals surface area contributed by atoms with E-state index in [9.17, 15) is 4.79 Å². The van der Waals surface area contributed by atoms with E-state index in [2.05, 4.69) is 0 Å². The van der Waals surface area contributed by atoms with Crippen LogP contribution in [0.4, 0.5) is 0 Å². The Morgan fingerprint density at radius 1 is 1.83 bits per heavy atom. The van der Waals surface area contributed by atoms with Gasteiger partial charge in [-0.05, 0) is 0 Å². The molecule has 0 saturated carbocycles. The summed E-state index contributed by atoms with van der Waals surface area (Å²) in [5.74, 6) is -0.759. The first-order valence-electron chi connectivity index (χ1n) is 1.05. The van der Waals surface area contributed by atoms with Crippen molar-refractivity contribution >= 4 is 58.1 Å². The fourth-order valence-corrected chi connectivity index (χ4v) is 0. The maximum absolute atomic E-state index is 9.36. The van der Waals surface area contributed by atoms with E-state index < -0.39 is 5.97 Å². The van der Waals surface area contributed by atoms with Gasteiger partial charge in [0.15, 0.2) is 0 Å². The van der Waals surface area contributed by atoms with Gasteiger partial charge in [-0.3, -0.25) is 4.79 Å². The molecule has 0 bridgehead atoms. The molecule has 0 aliphatic heterocycles. The Morgan fingerprint density at radius 2 is 2.00 bits per heavy atom. The molecule has 0 spiro atoms. The second kappa shape index (κ2) is 6.20. The average molecular weight is 210 g/mol. The van der Waals surface area contributed by atoms with Crippen LogP contribution in [0.5, 0.6) is 0 Å². The molecule has 1 N–H and O–H groups in total. The maximum atomic E-state index is 9.36. The van der Waals surface area contributed by atoms with Gasteiger partial charge in [0.2, 0.25) is 0 Å². The Bertz CT molecular complexity index is 46.8. The van der Waals surface area contributed by atoms with Crippen LogP contribution in [-0.4, -0.2) is 45.1 Å². The minimum absolute atomic E-state index is 0. The van der Waals surface area contributed by atoms with Gasteiger partial charge in [0.1, 0.15) is 0 Å². The monoisotopic (exact) mass is 210 g/mol. The molecule has 6 heavy (non-hydrogen) atoms. The molecule has 2 nitrogen and oxygen atoms in total. The summed E-state index contributed by atoms with van der Waals surface area (Å²) >= 11 is 1.78. The first-order chi connectivity index (χ1) is 2.27. The fourth-order valence-electron chi connectivity index (χ4n) is 0. The number of carboxylic acid groups (broad SMARTS) is 1. The Labute approximate surface area is 71.7 Å². The van der Waals surface area contributed by atoms with Crippen molar-refractivity contribution in [1.29, 1.82) is 0 Å². The summed E-state index contributed by atoms with van der Waals surface area (Å²) in [4.78, 5) is 9.36. The summed E-state index contributed by atoms with van der Waals surface area (Å²) < 4.78 is 0.192. The normalized spacial score (nSPS) is 6.17. The molecular formula is C2H4INaO2. The van der Waals surface area contributed by atoms with Crippen LogP contribution in [0, 0.1) is 0 Å². The van der Waals surface area contributed by atoms with Crippen LogP contribution in [0.15, 0.2) is 0 Å². The second-order valence-corrected chi connectivity index (χ2v) is 1.29. The van der Waals surface area contributed by atoms with E-state index in [4.69, 9.17) is 5.11 Å². The molecule has 0 aliphatic rings. The molecule has 0 aromatic rings. The van der Waals surface area contributed by atoms with Crippen LogP contribution in [0.1, 0.15) is 0 Å². The van der Waals surface area contributed by atoms with E-state index >= 15 is 0 Å². The summed E-state index contributed by atoms with van der Waals surface area (Å²) in [5.41, 5.74) is 0. The van der Waals surface area contributed by atoms with Crippen LogP contribution in [0.2, 0.25) is 0 Å². The van der Waals surface area contributed by atoms with Crippen LogP contribution in [0.3, 0.4) is 0 Å². The third-order valence-electron chi connectivity index (χ3n) is 0.114. The van der Waals surface area contributed by atoms with E-state index in [-0.39, 0.29) is 34.0 Å². The zero-order valence-corrected chi connectivity index (χ0v) is 4.60. The van der Waals surface area contributed by atoms with Gasteiger partial charge in [-0.1, -0.05) is 22.6 Å². The number of hydrogen-bond donors (Lipinski definition) is 1. The number of carbonyl (C=O) groups is 1. The van der Waals surface area contributed by atoms with Crippen molar-refractivity contribution in [3.8, 4) is 0 Å². The van der Waals surface area contributed by atoms with E-state index in [0.29, 0.717) is 0 Å². The number of halogens is 1. The third kappa shape index (κ3) is 8.96. The molecule has 0 unspecified atom stereocenters. The van der Waals surface area contributed by atoms with Gasteiger partial charge in [0.25, 0.3) is 0 Å². The average Bonchev–Trinajstić information content (AvgIpc) is 1.38. The SMILES string of the molecule is O=C(O)CI.[NaH]. The van der Waals surface area contributed by atoms with Crippen LogP contribution < -0.4 is 0 Å². The molecule has 0 saturated heterocycles. The zero-order chi connectivity index (χ0) is 4.28. The van der Waals surface area contributed by atoms with Crippen LogP contribution in [-0.2, 0) is 4.79 Å². The fraction of sp³-hybridized carbons (Fsp3) is 0.500. The number of carboxylic acids is 1. The van der Waals surface area contributed by atoms with Gasteiger partial charge in [-0.25, -0.2) is 0 Å². The van der Waals surface area contributed by atoms with Gasteiger partial charge in [0, 0.05) is 0 Å². The minimum atomic E-state index is -0.759. The van der Waals surface area contributed by atoms with Crippen molar-refractivity contribution in [1.82, 2.24) is 0 Å². The summed E-state index contributed by atoms with van der Waals surface area (Å²) in [7, 11) is 0. The van der Waals surface area contributed by atoms with E-state index in [1.807, 2.05) is 0 Å². The predicted octanol–water partition coefficient (Wildman–Crippen LogP) is -0.142. The Morgan fingerprint density at radius 3 is 2.00 bits per heavy atom. The van der Waals surface area contributed by atoms with E-state index in [0.717, 1.165) is 0 Å². The van der Waals surface area contributed by atoms with Crippen molar-refractivity contribution < 1.29 is 9.90 Å². The van der Waals surface area contributed by atoms with Crippen molar-refractivity contribution in [3.05, 3.63) is 0 Å². The molecule has 0 aromatic heterocycles. The zero-order valence-electron chi connectivity index (χ0n) is 2.44. The van der Waals surface area contributed by atoms with Gasteiger partial charge in [-0.2, -0.15) is 0 Å². The summed E-state index contributed by atoms with van der Waals surface area (Å²) in [6.07, 6.45) is 0. The quantitative estimate of drug-likeness (QED) is 0.371. The first kappa shape index (κ1) is 10.2. The standard InChI is InChI=1S/C2H3IO2.Na.H/c3-1-2(4)5;;/h1H2,(H,4,5);;. The topological polar surface area (TPSA) is 37.3 Å². The molecule has 0 amide bonds. The summed E-state index contributed by atoms with van der Waals surface area (Å²) in [6, 6.07) is 0. The van der Waals surface area contributed by atoms with Crippen molar-refractivity contribution in [2.45, 2.75) is 0 Å². The predicted molar refractivity (Wildman–Crippen MR) is 33.7 cm³/mol. The molecule has 4 heteroatoms. The van der Waals surface area contributed by atoms with Gasteiger partial charge >= 0.3 is 35.5 Å². The number of aliphatic carboxylic acids is 1. The first-order valence-corrected chi connectivity index (χ1v) is 2.57. The molecule has 0 atom stereocenters. The van der Waals surface area contributed by atoms with Crippen molar-refractivity contribution in [2.75, 3.05) is 4.43 Å². The van der Waals surface area contributed by atoms with Crippen LogP contribution >= 0.6 is 22.6 Å². The Balaban J connectivity index is 0. The van der Waals surface area contributed by atoms with Crippen LogP contribution in [0.25, 0.3) is 0 Å². The molecule has 0 aromatic carbocycles. The van der Waals surface area contributed by atoms with Gasteiger partial charge in [0.05, 0.1) is 4.43 Å². The Kier molecular flexibility index (Phi) is 10.6. The molecule has 0 aliphatic carbocycles. The van der Waals surface area contributed by atoms with E-state index in [1.165, 1.54) is 0 Å². The summed E-state index contributed by atoms with van der Waals surface area (Å²) in [5, 5.41) is 7.71. The summed E-state index contributed by atoms with van der Waals surface area (Å²) in [6.45, 7) is 0. The Hall–Kier alpha value is 1.20. The molecular weight excluding hydrogens is 206 g/mol.